The highest BCUT2D eigenvalue weighted by Gasteiger charge is 2.14. The summed E-state index contributed by atoms with van der Waals surface area (Å²) in [5, 5.41) is 19.3. The first-order valence-corrected chi connectivity index (χ1v) is 13.8. The third-order valence-corrected chi connectivity index (χ3v) is 6.63. The van der Waals surface area contributed by atoms with E-state index in [9.17, 15) is 9.90 Å². The molecule has 1 N–H and O–H groups in total. The van der Waals surface area contributed by atoms with Gasteiger partial charge < -0.3 is 9.84 Å². The van der Waals surface area contributed by atoms with E-state index in [1.54, 1.807) is 10.9 Å². The molecule has 0 spiro atoms. The van der Waals surface area contributed by atoms with E-state index >= 15 is 0 Å². The number of carbonyl (C=O) groups is 1. The molecule has 0 amide bonds. The Morgan fingerprint density at radius 1 is 1.13 bits per heavy atom. The molecule has 4 aromatic rings. The van der Waals surface area contributed by atoms with Gasteiger partial charge in [0, 0.05) is 38.0 Å². The smallest absolute Gasteiger partial charge is 0.335 e. The zero-order valence-electron chi connectivity index (χ0n) is 17.8. The molecule has 0 radical (unpaired) electrons. The maximum atomic E-state index is 11.3. The normalized spacial score (nSPS) is 11.8. The molecule has 0 atom stereocenters. The number of hydrogen-bond acceptors (Lipinski definition) is 5. The summed E-state index contributed by atoms with van der Waals surface area (Å²) in [7, 11) is -1.11. The number of nitrogens with zero attached hydrogens (tertiary/aromatic N) is 5. The van der Waals surface area contributed by atoms with Gasteiger partial charge in [-0.3, -0.25) is 0 Å². The number of aromatic nitrogens is 5. The van der Waals surface area contributed by atoms with Gasteiger partial charge in [0.1, 0.15) is 6.73 Å². The number of benzene rings is 1. The van der Waals surface area contributed by atoms with Crippen LogP contribution in [0.2, 0.25) is 25.7 Å². The Morgan fingerprint density at radius 2 is 1.97 bits per heavy atom. The average molecular weight is 436 g/mol. The van der Waals surface area contributed by atoms with Gasteiger partial charge >= 0.3 is 5.97 Å². The second-order valence-electron chi connectivity index (χ2n) is 8.63. The first-order valence-electron chi connectivity index (χ1n) is 10.1. The Morgan fingerprint density at radius 3 is 2.74 bits per heavy atom. The highest BCUT2D eigenvalue weighted by atomic mass is 28.3. The summed E-state index contributed by atoms with van der Waals surface area (Å²) >= 11 is 0. The van der Waals surface area contributed by atoms with Crippen LogP contribution in [0.1, 0.15) is 10.4 Å². The van der Waals surface area contributed by atoms with Crippen molar-refractivity contribution in [1.29, 1.82) is 0 Å². The van der Waals surface area contributed by atoms with E-state index in [-0.39, 0.29) is 5.56 Å². The summed E-state index contributed by atoms with van der Waals surface area (Å²) in [6, 6.07) is 11.9. The Bertz CT molecular complexity index is 1230. The topological polar surface area (TPSA) is 95.1 Å². The van der Waals surface area contributed by atoms with Crippen LogP contribution in [0.4, 0.5) is 0 Å². The van der Waals surface area contributed by atoms with Crippen molar-refractivity contribution in [2.75, 3.05) is 6.61 Å². The number of hydrogen-bond donors (Lipinski definition) is 1. The summed E-state index contributed by atoms with van der Waals surface area (Å²) < 4.78 is 9.24. The van der Waals surface area contributed by atoms with Gasteiger partial charge in [-0.25, -0.2) is 19.1 Å². The average Bonchev–Trinajstić information content (AvgIpc) is 3.36. The Kier molecular flexibility index (Phi) is 5.70. The summed E-state index contributed by atoms with van der Waals surface area (Å²) in [6.07, 6.45) is 5.11. The fourth-order valence-electron chi connectivity index (χ4n) is 3.20. The molecule has 1 aromatic carbocycles. The number of carboxylic acid groups (broad SMARTS) is 1. The lowest BCUT2D eigenvalue weighted by Gasteiger charge is -2.15. The van der Waals surface area contributed by atoms with Gasteiger partial charge in [-0.05, 0) is 30.3 Å². The molecule has 0 saturated carbocycles. The van der Waals surface area contributed by atoms with Gasteiger partial charge in [0.25, 0.3) is 0 Å². The molecule has 8 nitrogen and oxygen atoms in total. The van der Waals surface area contributed by atoms with Gasteiger partial charge in [-0.2, -0.15) is 10.2 Å². The van der Waals surface area contributed by atoms with Crippen LogP contribution in [0.5, 0.6) is 0 Å². The van der Waals surface area contributed by atoms with Gasteiger partial charge in [0.2, 0.25) is 0 Å². The van der Waals surface area contributed by atoms with E-state index in [0.29, 0.717) is 12.5 Å². The Balaban J connectivity index is 1.57. The molecule has 3 heterocycles. The number of pyridine rings is 1. The largest absolute Gasteiger partial charge is 0.478 e. The molecule has 4 rings (SSSR count). The van der Waals surface area contributed by atoms with Crippen LogP contribution in [0.15, 0.2) is 55.0 Å². The molecule has 0 fully saturated rings. The highest BCUT2D eigenvalue weighted by molar-refractivity contribution is 6.76. The van der Waals surface area contributed by atoms with Crippen molar-refractivity contribution in [3.05, 3.63) is 60.6 Å². The van der Waals surface area contributed by atoms with Crippen LogP contribution in [0.25, 0.3) is 28.0 Å². The SMILES string of the molecule is C[Si](C)(C)CCOCn1cc2ccc(-c3ccnn3-c3cc(C(=O)O)ccn3)cc2n1. The van der Waals surface area contributed by atoms with E-state index in [0.717, 1.165) is 34.8 Å². The van der Waals surface area contributed by atoms with E-state index < -0.39 is 14.0 Å². The lowest BCUT2D eigenvalue weighted by atomic mass is 10.1. The summed E-state index contributed by atoms with van der Waals surface area (Å²) in [5.74, 6) is -0.558. The molecule has 31 heavy (non-hydrogen) atoms. The van der Waals surface area contributed by atoms with Crippen LogP contribution in [-0.2, 0) is 11.5 Å². The minimum absolute atomic E-state index is 0.162. The molecule has 160 valence electrons. The van der Waals surface area contributed by atoms with Crippen LogP contribution < -0.4 is 0 Å². The molecule has 0 aliphatic rings. The van der Waals surface area contributed by atoms with Crippen molar-refractivity contribution in [3.8, 4) is 17.1 Å². The van der Waals surface area contributed by atoms with Crippen molar-refractivity contribution in [2.24, 2.45) is 0 Å². The van der Waals surface area contributed by atoms with Crippen LogP contribution >= 0.6 is 0 Å². The third-order valence-electron chi connectivity index (χ3n) is 4.92. The minimum Gasteiger partial charge on any atom is -0.478 e. The molecule has 0 aliphatic heterocycles. The van der Waals surface area contributed by atoms with Crippen molar-refractivity contribution in [2.45, 2.75) is 32.4 Å². The zero-order valence-corrected chi connectivity index (χ0v) is 18.8. The predicted octanol–water partition coefficient (Wildman–Crippen LogP) is 4.29. The monoisotopic (exact) mass is 435 g/mol. The highest BCUT2D eigenvalue weighted by Crippen LogP contribution is 2.25. The number of rotatable bonds is 8. The molecular formula is C22H25N5O3Si. The summed E-state index contributed by atoms with van der Waals surface area (Å²) in [4.78, 5) is 15.6. The van der Waals surface area contributed by atoms with Crippen LogP contribution in [0.3, 0.4) is 0 Å². The molecule has 0 unspecified atom stereocenters. The van der Waals surface area contributed by atoms with Crippen molar-refractivity contribution in [1.82, 2.24) is 24.5 Å². The van der Waals surface area contributed by atoms with Gasteiger partial charge in [0.05, 0.1) is 23.0 Å². The lowest BCUT2D eigenvalue weighted by Crippen LogP contribution is -2.22. The van der Waals surface area contributed by atoms with E-state index in [1.165, 1.54) is 18.3 Å². The molecule has 0 saturated heterocycles. The molecule has 9 heteroatoms. The summed E-state index contributed by atoms with van der Waals surface area (Å²) in [6.45, 7) is 8.17. The van der Waals surface area contributed by atoms with E-state index in [1.807, 2.05) is 35.1 Å². The first kappa shape index (κ1) is 20.9. The van der Waals surface area contributed by atoms with Gasteiger partial charge in [0.15, 0.2) is 5.82 Å². The van der Waals surface area contributed by atoms with Gasteiger partial charge in [-0.15, -0.1) is 0 Å². The molecule has 0 bridgehead atoms. The molecular weight excluding hydrogens is 410 g/mol. The van der Waals surface area contributed by atoms with Gasteiger partial charge in [-0.1, -0.05) is 31.8 Å². The fraction of sp³-hybridized carbons (Fsp3) is 0.273. The predicted molar refractivity (Wildman–Crippen MR) is 121 cm³/mol. The second-order valence-corrected chi connectivity index (χ2v) is 14.2. The maximum absolute atomic E-state index is 11.3. The van der Waals surface area contributed by atoms with Crippen molar-refractivity contribution in [3.63, 3.8) is 0 Å². The lowest BCUT2D eigenvalue weighted by molar-refractivity contribution is 0.0696. The van der Waals surface area contributed by atoms with E-state index in [4.69, 9.17) is 4.74 Å². The first-order chi connectivity index (χ1) is 14.8. The molecule has 0 aliphatic carbocycles. The number of fused-ring (bicyclic) bond motifs is 1. The Labute approximate surface area is 181 Å². The number of ether oxygens (including phenoxy) is 1. The minimum atomic E-state index is -1.11. The van der Waals surface area contributed by atoms with E-state index in [2.05, 4.69) is 34.8 Å². The van der Waals surface area contributed by atoms with Crippen molar-refractivity contribution < 1.29 is 14.6 Å². The fourth-order valence-corrected chi connectivity index (χ4v) is 3.96. The van der Waals surface area contributed by atoms with Crippen LogP contribution in [-0.4, -0.2) is 50.3 Å². The Hall–Kier alpha value is -3.30. The summed E-state index contributed by atoms with van der Waals surface area (Å²) in [5.41, 5.74) is 2.73. The van der Waals surface area contributed by atoms with Crippen molar-refractivity contribution >= 4 is 24.9 Å². The maximum Gasteiger partial charge on any atom is 0.335 e. The number of aromatic carboxylic acids is 1. The zero-order chi connectivity index (χ0) is 22.0. The quantitative estimate of drug-likeness (QED) is 0.328. The molecule has 3 aromatic heterocycles. The van der Waals surface area contributed by atoms with Crippen LogP contribution in [0, 0.1) is 0 Å². The third kappa shape index (κ3) is 4.89. The second kappa shape index (κ2) is 8.44. The number of carboxylic acids is 1. The standard InChI is InChI=1S/C22H25N5O3Si/c1-31(2,3)11-10-30-15-26-14-18-5-4-16(12-19(18)25-26)20-7-9-24-27(20)21-13-17(22(28)29)6-8-23-21/h4-9,12-14H,10-11,15H2,1-3H3,(H,28,29).